The van der Waals surface area contributed by atoms with Crippen molar-refractivity contribution in [2.24, 2.45) is 5.73 Å². The zero-order chi connectivity index (χ0) is 21.2. The van der Waals surface area contributed by atoms with Gasteiger partial charge in [0.15, 0.2) is 0 Å². The molecule has 2 heterocycles. The highest BCUT2D eigenvalue weighted by Crippen LogP contribution is 2.51. The number of ether oxygens (including phenoxy) is 1. The fraction of sp³-hybridized carbons (Fsp3) is 0.500. The van der Waals surface area contributed by atoms with Crippen molar-refractivity contribution in [2.45, 2.75) is 54.9 Å². The lowest BCUT2D eigenvalue weighted by atomic mass is 9.95. The number of unbranched alkanes of at least 4 members (excludes halogenated alkanes) is 1. The first kappa shape index (κ1) is 21.1. The van der Waals surface area contributed by atoms with Crippen LogP contribution in [0.15, 0.2) is 30.3 Å². The third-order valence-electron chi connectivity index (χ3n) is 5.08. The summed E-state index contributed by atoms with van der Waals surface area (Å²) in [5, 5.41) is 11.0. The maximum atomic E-state index is 12.7. The number of hydrogen-bond acceptors (Lipinski definition) is 7. The maximum Gasteiger partial charge on any atom is 0.330 e. The second-order valence-corrected chi connectivity index (χ2v) is 9.33. The Hall–Kier alpha value is -2.57. The second-order valence-electron chi connectivity index (χ2n) is 7.56. The van der Waals surface area contributed by atoms with Gasteiger partial charge in [-0.05, 0) is 25.8 Å². The van der Waals surface area contributed by atoms with Gasteiger partial charge in [-0.1, -0.05) is 30.3 Å². The van der Waals surface area contributed by atoms with E-state index in [9.17, 15) is 14.4 Å². The first-order valence-electron chi connectivity index (χ1n) is 9.42. The third-order valence-corrected chi connectivity index (χ3v) is 6.65. The van der Waals surface area contributed by atoms with E-state index in [0.29, 0.717) is 18.4 Å². The molecule has 2 aliphatic heterocycles. The minimum atomic E-state index is -0.877. The molecular formula is C20H24N4O4S. The molecule has 0 saturated carbocycles. The highest BCUT2D eigenvalue weighted by molar-refractivity contribution is 8.01. The van der Waals surface area contributed by atoms with E-state index in [2.05, 4.69) is 5.32 Å². The molecule has 0 bridgehead atoms. The molecule has 2 amide bonds. The van der Waals surface area contributed by atoms with Gasteiger partial charge in [0, 0.05) is 11.2 Å². The van der Waals surface area contributed by atoms with Crippen molar-refractivity contribution in [1.82, 2.24) is 10.2 Å². The van der Waals surface area contributed by atoms with Gasteiger partial charge in [0.25, 0.3) is 0 Å². The minimum absolute atomic E-state index is 0.141. The van der Waals surface area contributed by atoms with Crippen molar-refractivity contribution in [2.75, 3.05) is 6.61 Å². The number of esters is 1. The number of thioether (sulfide) groups is 1. The van der Waals surface area contributed by atoms with Crippen molar-refractivity contribution in [3.63, 3.8) is 0 Å². The molecule has 154 valence electrons. The second kappa shape index (κ2) is 8.43. The van der Waals surface area contributed by atoms with Crippen LogP contribution in [0.2, 0.25) is 0 Å². The maximum absolute atomic E-state index is 12.7. The van der Waals surface area contributed by atoms with E-state index in [1.54, 1.807) is 24.3 Å². The molecule has 2 aliphatic rings. The molecule has 0 spiro atoms. The van der Waals surface area contributed by atoms with Gasteiger partial charge in [0.1, 0.15) is 23.5 Å². The van der Waals surface area contributed by atoms with Gasteiger partial charge in [0.2, 0.25) is 11.8 Å². The van der Waals surface area contributed by atoms with Gasteiger partial charge in [0.05, 0.1) is 12.7 Å². The molecule has 2 fully saturated rings. The van der Waals surface area contributed by atoms with Crippen LogP contribution in [0.3, 0.4) is 0 Å². The zero-order valence-corrected chi connectivity index (χ0v) is 17.1. The molecular weight excluding hydrogens is 392 g/mol. The topological polar surface area (TPSA) is 126 Å². The minimum Gasteiger partial charge on any atom is -0.464 e. The first-order valence-corrected chi connectivity index (χ1v) is 10.3. The summed E-state index contributed by atoms with van der Waals surface area (Å²) in [6, 6.07) is 8.59. The van der Waals surface area contributed by atoms with E-state index in [-0.39, 0.29) is 17.9 Å². The zero-order valence-electron chi connectivity index (χ0n) is 16.3. The van der Waals surface area contributed by atoms with Crippen LogP contribution in [0.1, 0.15) is 38.3 Å². The summed E-state index contributed by atoms with van der Waals surface area (Å²) < 4.78 is 4.71. The molecule has 2 saturated heterocycles. The number of nitrogens with zero attached hydrogens (tertiary/aromatic N) is 2. The number of rotatable bonds is 7. The number of nitriles is 1. The number of nitrogens with two attached hydrogens (primary N) is 1. The number of nitrogens with one attached hydrogen (secondary N) is 1. The molecule has 29 heavy (non-hydrogen) atoms. The summed E-state index contributed by atoms with van der Waals surface area (Å²) in [5.41, 5.74) is 6.67. The van der Waals surface area contributed by atoms with E-state index in [4.69, 9.17) is 15.7 Å². The SMILES string of the molecule is CC1(C)S[C@@H]2[C@H](NC(=O)[C@H](N)c3ccccc3)C(=O)N2[C@H]1C(=O)OCCCC#N. The van der Waals surface area contributed by atoms with Gasteiger partial charge in [-0.2, -0.15) is 5.26 Å². The molecule has 1 aromatic carbocycles. The Balaban J connectivity index is 1.64. The summed E-state index contributed by atoms with van der Waals surface area (Å²) in [4.78, 5) is 39.3. The normalized spacial score (nSPS) is 25.4. The smallest absolute Gasteiger partial charge is 0.330 e. The number of carbonyl (C=O) groups excluding carboxylic acids is 3. The summed E-state index contributed by atoms with van der Waals surface area (Å²) in [6.45, 7) is 3.89. The van der Waals surface area contributed by atoms with E-state index in [1.807, 2.05) is 26.0 Å². The molecule has 9 heteroatoms. The van der Waals surface area contributed by atoms with Crippen LogP contribution in [0.5, 0.6) is 0 Å². The Morgan fingerprint density at radius 1 is 1.38 bits per heavy atom. The largest absolute Gasteiger partial charge is 0.464 e. The quantitative estimate of drug-likeness (QED) is 0.387. The predicted octanol–water partition coefficient (Wildman–Crippen LogP) is 1.08. The lowest BCUT2D eigenvalue weighted by Gasteiger charge is -2.44. The number of amides is 2. The fourth-order valence-corrected chi connectivity index (χ4v) is 5.20. The molecule has 8 nitrogen and oxygen atoms in total. The van der Waals surface area contributed by atoms with Crippen molar-refractivity contribution < 1.29 is 19.1 Å². The molecule has 0 aliphatic carbocycles. The first-order chi connectivity index (χ1) is 13.8. The molecule has 0 aromatic heterocycles. The molecule has 3 N–H and O–H groups in total. The lowest BCUT2D eigenvalue weighted by molar-refractivity contribution is -0.164. The average molecular weight is 417 g/mol. The van der Waals surface area contributed by atoms with Crippen molar-refractivity contribution in [1.29, 1.82) is 5.26 Å². The summed E-state index contributed by atoms with van der Waals surface area (Å²) in [6.07, 6.45) is 0.757. The number of hydrogen-bond donors (Lipinski definition) is 2. The predicted molar refractivity (Wildman–Crippen MR) is 107 cm³/mol. The average Bonchev–Trinajstić information content (AvgIpc) is 2.97. The van der Waals surface area contributed by atoms with Gasteiger partial charge >= 0.3 is 5.97 Å². The summed E-state index contributed by atoms with van der Waals surface area (Å²) in [7, 11) is 0. The number of benzene rings is 1. The van der Waals surface area contributed by atoms with E-state index in [1.165, 1.54) is 16.7 Å². The van der Waals surface area contributed by atoms with E-state index < -0.39 is 34.7 Å². The van der Waals surface area contributed by atoms with E-state index in [0.717, 1.165) is 0 Å². The molecule has 0 radical (unpaired) electrons. The van der Waals surface area contributed by atoms with Crippen molar-refractivity contribution in [3.8, 4) is 6.07 Å². The third kappa shape index (κ3) is 4.09. The molecule has 4 atom stereocenters. The number of carbonyl (C=O) groups is 3. The monoisotopic (exact) mass is 416 g/mol. The number of β-lactam (4-membered cyclic amide) rings is 1. The standard InChI is InChI=1S/C20H24N4O4S/c1-20(2)15(19(27)28-11-7-6-10-21)24-17(26)14(18(24)29-20)23-16(25)13(22)12-8-4-3-5-9-12/h3-5,8-9,13-15,18H,6-7,11,22H2,1-2H3,(H,23,25)/t13-,14-,15+,18-/m1/s1. The summed E-state index contributed by atoms with van der Waals surface area (Å²) >= 11 is 1.46. The Labute approximate surface area is 173 Å². The van der Waals surface area contributed by atoms with Crippen LogP contribution in [0.25, 0.3) is 0 Å². The van der Waals surface area contributed by atoms with Crippen LogP contribution in [0.4, 0.5) is 0 Å². The van der Waals surface area contributed by atoms with Crippen LogP contribution < -0.4 is 11.1 Å². The Morgan fingerprint density at radius 2 is 2.07 bits per heavy atom. The Morgan fingerprint density at radius 3 is 2.72 bits per heavy atom. The van der Waals surface area contributed by atoms with Crippen LogP contribution >= 0.6 is 11.8 Å². The highest BCUT2D eigenvalue weighted by atomic mass is 32.2. The molecule has 3 rings (SSSR count). The van der Waals surface area contributed by atoms with Crippen LogP contribution in [-0.2, 0) is 19.1 Å². The lowest BCUT2D eigenvalue weighted by Crippen LogP contribution is -2.71. The van der Waals surface area contributed by atoms with E-state index >= 15 is 0 Å². The fourth-order valence-electron chi connectivity index (χ4n) is 3.58. The summed E-state index contributed by atoms with van der Waals surface area (Å²) in [5.74, 6) is -1.24. The van der Waals surface area contributed by atoms with Crippen LogP contribution in [-0.4, -0.2) is 51.5 Å². The Bertz CT molecular complexity index is 839. The van der Waals surface area contributed by atoms with Gasteiger partial charge in [-0.25, -0.2) is 4.79 Å². The number of fused-ring (bicyclic) bond motifs is 1. The van der Waals surface area contributed by atoms with Crippen molar-refractivity contribution >= 4 is 29.5 Å². The highest BCUT2D eigenvalue weighted by Gasteiger charge is 2.64. The van der Waals surface area contributed by atoms with Crippen molar-refractivity contribution in [3.05, 3.63) is 35.9 Å². The van der Waals surface area contributed by atoms with Gasteiger partial charge < -0.3 is 20.7 Å². The van der Waals surface area contributed by atoms with Gasteiger partial charge in [-0.15, -0.1) is 11.8 Å². The molecule has 0 unspecified atom stereocenters. The molecule has 1 aromatic rings. The van der Waals surface area contributed by atoms with Gasteiger partial charge in [-0.3, -0.25) is 9.59 Å². The van der Waals surface area contributed by atoms with Crippen LogP contribution in [0, 0.1) is 11.3 Å². The Kier molecular flexibility index (Phi) is 6.15.